The molecule has 1 aromatic heterocycles. The van der Waals surface area contributed by atoms with E-state index in [0.717, 1.165) is 41.4 Å². The second-order valence-corrected chi connectivity index (χ2v) is 7.64. The van der Waals surface area contributed by atoms with Crippen LogP contribution in [0.3, 0.4) is 0 Å². The van der Waals surface area contributed by atoms with Crippen LogP contribution in [0.1, 0.15) is 11.1 Å². The lowest BCUT2D eigenvalue weighted by Crippen LogP contribution is -2.37. The molecule has 0 radical (unpaired) electrons. The predicted molar refractivity (Wildman–Crippen MR) is 112 cm³/mol. The summed E-state index contributed by atoms with van der Waals surface area (Å²) in [7, 11) is 1.69. The van der Waals surface area contributed by atoms with E-state index in [-0.39, 0.29) is 0 Å². The average Bonchev–Trinajstić information content (AvgIpc) is 3.17. The van der Waals surface area contributed by atoms with E-state index in [4.69, 9.17) is 9.47 Å². The van der Waals surface area contributed by atoms with Crippen molar-refractivity contribution in [3.63, 3.8) is 0 Å². The molecule has 1 fully saturated rings. The largest absolute Gasteiger partial charge is 0.497 e. The van der Waals surface area contributed by atoms with Gasteiger partial charge in [0.15, 0.2) is 5.16 Å². The molecular formula is C21H24N4O2S. The van der Waals surface area contributed by atoms with Crippen molar-refractivity contribution >= 4 is 17.7 Å². The first-order valence-corrected chi connectivity index (χ1v) is 10.3. The molecule has 0 atom stereocenters. The summed E-state index contributed by atoms with van der Waals surface area (Å²) in [5.41, 5.74) is 3.48. The lowest BCUT2D eigenvalue weighted by molar-refractivity contribution is 0.122. The number of anilines is 1. The second kappa shape index (κ2) is 8.67. The molecule has 0 bridgehead atoms. The lowest BCUT2D eigenvalue weighted by atomic mass is 10.2. The van der Waals surface area contributed by atoms with Gasteiger partial charge in [-0.15, -0.1) is 10.2 Å². The van der Waals surface area contributed by atoms with Crippen LogP contribution < -0.4 is 9.64 Å². The lowest BCUT2D eigenvalue weighted by Gasteiger charge is -2.28. The fourth-order valence-corrected chi connectivity index (χ4v) is 4.12. The Balaban J connectivity index is 1.65. The summed E-state index contributed by atoms with van der Waals surface area (Å²) in [6, 6.07) is 16.6. The van der Waals surface area contributed by atoms with Crippen LogP contribution in [-0.2, 0) is 10.5 Å². The van der Waals surface area contributed by atoms with Gasteiger partial charge < -0.3 is 14.4 Å². The molecule has 4 rings (SSSR count). The molecule has 0 aliphatic carbocycles. The molecule has 0 spiro atoms. The predicted octanol–water partition coefficient (Wildman–Crippen LogP) is 3.71. The molecule has 0 unspecified atom stereocenters. The van der Waals surface area contributed by atoms with Gasteiger partial charge >= 0.3 is 0 Å². The van der Waals surface area contributed by atoms with Crippen LogP contribution in [-0.4, -0.2) is 48.2 Å². The second-order valence-electron chi connectivity index (χ2n) is 6.70. The van der Waals surface area contributed by atoms with Crippen molar-refractivity contribution < 1.29 is 9.47 Å². The van der Waals surface area contributed by atoms with Gasteiger partial charge in [-0.05, 0) is 42.3 Å². The molecule has 6 nitrogen and oxygen atoms in total. The van der Waals surface area contributed by atoms with Crippen LogP contribution in [0.2, 0.25) is 0 Å². The highest BCUT2D eigenvalue weighted by Crippen LogP contribution is 2.30. The third kappa shape index (κ3) is 4.15. The Hall–Kier alpha value is -2.51. The molecule has 1 aliphatic rings. The molecule has 2 aromatic carbocycles. The highest BCUT2D eigenvalue weighted by atomic mass is 32.2. The van der Waals surface area contributed by atoms with Gasteiger partial charge in [-0.25, -0.2) is 0 Å². The zero-order valence-corrected chi connectivity index (χ0v) is 17.0. The molecule has 1 saturated heterocycles. The number of rotatable bonds is 6. The van der Waals surface area contributed by atoms with Crippen LogP contribution >= 0.6 is 11.8 Å². The summed E-state index contributed by atoms with van der Waals surface area (Å²) in [6.07, 6.45) is 0. The Labute approximate surface area is 169 Å². The normalized spacial score (nSPS) is 14.3. The first-order valence-electron chi connectivity index (χ1n) is 9.35. The van der Waals surface area contributed by atoms with Crippen molar-refractivity contribution in [3.8, 4) is 11.4 Å². The van der Waals surface area contributed by atoms with Crippen molar-refractivity contribution in [3.05, 3.63) is 59.7 Å². The first-order chi connectivity index (χ1) is 13.7. The van der Waals surface area contributed by atoms with Gasteiger partial charge in [0.2, 0.25) is 5.95 Å². The number of nitrogens with zero attached hydrogens (tertiary/aromatic N) is 4. The summed E-state index contributed by atoms with van der Waals surface area (Å²) in [4.78, 5) is 2.24. The fraction of sp³-hybridized carbons (Fsp3) is 0.333. The van der Waals surface area contributed by atoms with Crippen LogP contribution in [0.5, 0.6) is 5.75 Å². The van der Waals surface area contributed by atoms with E-state index in [9.17, 15) is 0 Å². The maximum Gasteiger partial charge on any atom is 0.232 e. The van der Waals surface area contributed by atoms with E-state index in [2.05, 4.69) is 63.0 Å². The van der Waals surface area contributed by atoms with Crippen molar-refractivity contribution in [2.45, 2.75) is 17.8 Å². The third-order valence-electron chi connectivity index (χ3n) is 4.67. The number of thioether (sulfide) groups is 1. The van der Waals surface area contributed by atoms with Crippen LogP contribution in [0.15, 0.2) is 53.7 Å². The summed E-state index contributed by atoms with van der Waals surface area (Å²) in [5, 5.41) is 9.93. The molecule has 3 aromatic rings. The molecule has 7 heteroatoms. The Kier molecular flexibility index (Phi) is 5.83. The minimum atomic E-state index is 0.715. The molecule has 2 heterocycles. The highest BCUT2D eigenvalue weighted by Gasteiger charge is 2.22. The number of ether oxygens (including phenoxy) is 2. The van der Waals surface area contributed by atoms with Gasteiger partial charge in [0.05, 0.1) is 26.0 Å². The van der Waals surface area contributed by atoms with Crippen molar-refractivity contribution in [1.29, 1.82) is 0 Å². The number of hydrogen-bond donors (Lipinski definition) is 0. The molecule has 0 saturated carbocycles. The minimum absolute atomic E-state index is 0.715. The molecule has 28 heavy (non-hydrogen) atoms. The van der Waals surface area contributed by atoms with Gasteiger partial charge in [-0.3, -0.25) is 4.57 Å². The smallest absolute Gasteiger partial charge is 0.232 e. The Morgan fingerprint density at radius 3 is 2.68 bits per heavy atom. The SMILES string of the molecule is COc1cccc(CSc2nnc(N3CCOCC3)n2-c2cccc(C)c2)c1. The average molecular weight is 397 g/mol. The van der Waals surface area contributed by atoms with E-state index >= 15 is 0 Å². The molecular weight excluding hydrogens is 372 g/mol. The fourth-order valence-electron chi connectivity index (χ4n) is 3.23. The van der Waals surface area contributed by atoms with Crippen molar-refractivity contribution in [1.82, 2.24) is 14.8 Å². The standard InChI is InChI=1S/C21H24N4O2S/c1-16-5-3-7-18(13-16)25-20(24-9-11-27-12-10-24)22-23-21(25)28-15-17-6-4-8-19(14-17)26-2/h3-8,13-14H,9-12,15H2,1-2H3. The Morgan fingerprint density at radius 1 is 1.07 bits per heavy atom. The van der Waals surface area contributed by atoms with E-state index in [1.165, 1.54) is 11.1 Å². The van der Waals surface area contributed by atoms with Crippen LogP contribution in [0.25, 0.3) is 5.69 Å². The van der Waals surface area contributed by atoms with Crippen molar-refractivity contribution in [2.24, 2.45) is 0 Å². The molecule has 0 N–H and O–H groups in total. The molecule has 0 amide bonds. The minimum Gasteiger partial charge on any atom is -0.497 e. The maximum atomic E-state index is 5.50. The monoisotopic (exact) mass is 396 g/mol. The number of morpholine rings is 1. The Bertz CT molecular complexity index is 938. The number of aromatic nitrogens is 3. The van der Waals surface area contributed by atoms with E-state index in [0.29, 0.717) is 13.2 Å². The number of aryl methyl sites for hydroxylation is 1. The van der Waals surface area contributed by atoms with Crippen LogP contribution in [0.4, 0.5) is 5.95 Å². The third-order valence-corrected chi connectivity index (χ3v) is 5.67. The van der Waals surface area contributed by atoms with Crippen molar-refractivity contribution in [2.75, 3.05) is 38.3 Å². The number of benzene rings is 2. The summed E-state index contributed by atoms with van der Waals surface area (Å²) >= 11 is 1.68. The Morgan fingerprint density at radius 2 is 1.89 bits per heavy atom. The number of hydrogen-bond acceptors (Lipinski definition) is 6. The maximum absolute atomic E-state index is 5.50. The molecule has 146 valence electrons. The zero-order chi connectivity index (χ0) is 19.3. The zero-order valence-electron chi connectivity index (χ0n) is 16.2. The van der Waals surface area contributed by atoms with E-state index in [1.54, 1.807) is 18.9 Å². The number of methoxy groups -OCH3 is 1. The van der Waals surface area contributed by atoms with Crippen LogP contribution in [0, 0.1) is 6.92 Å². The summed E-state index contributed by atoms with van der Waals surface area (Å²) < 4.78 is 13.0. The summed E-state index contributed by atoms with van der Waals surface area (Å²) in [5.74, 6) is 2.54. The van der Waals surface area contributed by atoms with Gasteiger partial charge in [0.1, 0.15) is 5.75 Å². The first kappa shape index (κ1) is 18.8. The molecule has 1 aliphatic heterocycles. The van der Waals surface area contributed by atoms with E-state index < -0.39 is 0 Å². The van der Waals surface area contributed by atoms with E-state index in [1.807, 2.05) is 12.1 Å². The quantitative estimate of drug-likeness (QED) is 0.592. The van der Waals surface area contributed by atoms with Gasteiger partial charge in [0, 0.05) is 18.8 Å². The van der Waals surface area contributed by atoms with Gasteiger partial charge in [-0.2, -0.15) is 0 Å². The van der Waals surface area contributed by atoms with Gasteiger partial charge in [0.25, 0.3) is 0 Å². The highest BCUT2D eigenvalue weighted by molar-refractivity contribution is 7.98. The summed E-state index contributed by atoms with van der Waals surface area (Å²) in [6.45, 7) is 5.18. The van der Waals surface area contributed by atoms with Gasteiger partial charge in [-0.1, -0.05) is 36.0 Å². The topological polar surface area (TPSA) is 52.4 Å².